The van der Waals surface area contributed by atoms with Gasteiger partial charge in [0, 0.05) is 25.7 Å². The van der Waals surface area contributed by atoms with Crippen LogP contribution in [0.2, 0.25) is 0 Å². The zero-order valence-corrected chi connectivity index (χ0v) is 25.5. The molecule has 0 bridgehead atoms. The summed E-state index contributed by atoms with van der Waals surface area (Å²) >= 11 is 0. The Morgan fingerprint density at radius 3 is 2.19 bits per heavy atom. The standard InChI is InChI=1S/C17H24N2O2.C17H25N.CH2O2/c1-3-11-19(16-9-12-18(2)13-10-16)17(20)21-14-15-7-5-4-6-8-15;1-3-7-15(8-4-1)13-18-12-11-17(14-18)16-9-5-2-6-10-16;2-1-3/h3-8,16H,1,9-14H2,2H3;2,5-6,9-10,15,17H,1,3-4,7-8,11-14H2;1H,(H,2,3)/t;17-;/m.1./s1. The molecule has 1 amide bonds. The molecule has 7 heteroatoms. The van der Waals surface area contributed by atoms with E-state index >= 15 is 0 Å². The van der Waals surface area contributed by atoms with Gasteiger partial charge >= 0.3 is 6.09 Å². The first-order chi connectivity index (χ1) is 20.5. The molecule has 3 aliphatic rings. The van der Waals surface area contributed by atoms with Crippen LogP contribution in [0, 0.1) is 5.92 Å². The van der Waals surface area contributed by atoms with Gasteiger partial charge in [-0.15, -0.1) is 6.58 Å². The Bertz CT molecular complexity index is 1020. The largest absolute Gasteiger partial charge is 0.483 e. The first kappa shape index (κ1) is 33.3. The fourth-order valence-electron chi connectivity index (χ4n) is 6.35. The lowest BCUT2D eigenvalue weighted by Gasteiger charge is -2.36. The molecule has 1 atom stereocenters. The second-order valence-electron chi connectivity index (χ2n) is 11.8. The van der Waals surface area contributed by atoms with E-state index in [0.717, 1.165) is 43.3 Å². The molecule has 3 fully saturated rings. The van der Waals surface area contributed by atoms with Crippen LogP contribution in [0.3, 0.4) is 0 Å². The highest BCUT2D eigenvalue weighted by atomic mass is 16.6. The summed E-state index contributed by atoms with van der Waals surface area (Å²) in [6.07, 6.45) is 12.2. The number of hydrogen-bond donors (Lipinski definition) is 1. The number of carbonyl (C=O) groups excluding carboxylic acids is 1. The van der Waals surface area contributed by atoms with Crippen molar-refractivity contribution in [2.24, 2.45) is 5.92 Å². The maximum absolute atomic E-state index is 12.3. The molecule has 2 aromatic carbocycles. The molecule has 230 valence electrons. The van der Waals surface area contributed by atoms with Gasteiger partial charge < -0.3 is 24.5 Å². The molecule has 42 heavy (non-hydrogen) atoms. The normalized spacial score (nSPS) is 19.9. The summed E-state index contributed by atoms with van der Waals surface area (Å²) < 4.78 is 5.45. The highest BCUT2D eigenvalue weighted by molar-refractivity contribution is 5.68. The Morgan fingerprint density at radius 1 is 0.952 bits per heavy atom. The van der Waals surface area contributed by atoms with Crippen molar-refractivity contribution in [3.8, 4) is 0 Å². The van der Waals surface area contributed by atoms with Crippen LogP contribution in [0.5, 0.6) is 0 Å². The summed E-state index contributed by atoms with van der Waals surface area (Å²) in [6, 6.07) is 21.1. The number of hydrogen-bond acceptors (Lipinski definition) is 5. The Kier molecular flexibility index (Phi) is 15.2. The topological polar surface area (TPSA) is 73.3 Å². The predicted octanol–water partition coefficient (Wildman–Crippen LogP) is 6.66. The van der Waals surface area contributed by atoms with Gasteiger partial charge in [-0.05, 0) is 81.7 Å². The minimum atomic E-state index is -0.250. The number of nitrogens with zero attached hydrogens (tertiary/aromatic N) is 3. The SMILES string of the molecule is C=CCN(C(=O)OCc1ccccc1)C1CCN(C)CC1.O=CO.c1ccc([C@@H]2CCN(CC3CCCCC3)C2)cc1. The molecule has 1 aliphatic carbocycles. The van der Waals surface area contributed by atoms with Crippen molar-refractivity contribution in [3.05, 3.63) is 84.4 Å². The number of carboxylic acid groups (broad SMARTS) is 1. The van der Waals surface area contributed by atoms with E-state index in [4.69, 9.17) is 14.6 Å². The zero-order chi connectivity index (χ0) is 30.0. The molecule has 0 unspecified atom stereocenters. The predicted molar refractivity (Wildman–Crippen MR) is 170 cm³/mol. The number of amides is 1. The molecule has 2 aromatic rings. The van der Waals surface area contributed by atoms with Crippen LogP contribution in [0.1, 0.15) is 68.4 Å². The third-order valence-corrected chi connectivity index (χ3v) is 8.68. The van der Waals surface area contributed by atoms with E-state index in [9.17, 15) is 4.79 Å². The highest BCUT2D eigenvalue weighted by Gasteiger charge is 2.28. The van der Waals surface area contributed by atoms with Crippen molar-refractivity contribution < 1.29 is 19.4 Å². The molecular weight excluding hydrogens is 526 g/mol. The number of likely N-dealkylation sites (tertiary alicyclic amines) is 2. The summed E-state index contributed by atoms with van der Waals surface area (Å²) in [5, 5.41) is 6.89. The van der Waals surface area contributed by atoms with Crippen molar-refractivity contribution in [2.75, 3.05) is 46.3 Å². The second-order valence-corrected chi connectivity index (χ2v) is 11.8. The summed E-state index contributed by atoms with van der Waals surface area (Å²) in [5.74, 6) is 1.78. The number of benzene rings is 2. The van der Waals surface area contributed by atoms with Gasteiger partial charge in [0.25, 0.3) is 6.47 Å². The van der Waals surface area contributed by atoms with Gasteiger partial charge in [0.1, 0.15) is 6.61 Å². The van der Waals surface area contributed by atoms with Crippen molar-refractivity contribution in [2.45, 2.75) is 69.9 Å². The first-order valence-corrected chi connectivity index (χ1v) is 15.7. The number of carbonyl (C=O) groups is 2. The summed E-state index contributed by atoms with van der Waals surface area (Å²) in [4.78, 5) is 27.5. The molecule has 2 aliphatic heterocycles. The number of rotatable bonds is 8. The van der Waals surface area contributed by atoms with Crippen LogP contribution in [-0.4, -0.2) is 84.7 Å². The maximum atomic E-state index is 12.3. The van der Waals surface area contributed by atoms with E-state index in [2.05, 4.69) is 53.8 Å². The molecular formula is C35H51N3O4. The molecule has 5 rings (SSSR count). The Labute approximate surface area is 253 Å². The van der Waals surface area contributed by atoms with Gasteiger partial charge in [-0.2, -0.15) is 0 Å². The minimum absolute atomic E-state index is 0.242. The molecule has 1 saturated carbocycles. The lowest BCUT2D eigenvalue weighted by molar-refractivity contribution is -0.122. The number of piperidine rings is 1. The lowest BCUT2D eigenvalue weighted by Crippen LogP contribution is -2.46. The van der Waals surface area contributed by atoms with Gasteiger partial charge in [0.05, 0.1) is 0 Å². The zero-order valence-electron chi connectivity index (χ0n) is 25.5. The van der Waals surface area contributed by atoms with E-state index in [1.807, 2.05) is 35.2 Å². The van der Waals surface area contributed by atoms with E-state index in [1.165, 1.54) is 58.2 Å². The molecule has 0 radical (unpaired) electrons. The molecule has 2 saturated heterocycles. The van der Waals surface area contributed by atoms with E-state index in [1.54, 1.807) is 11.6 Å². The van der Waals surface area contributed by atoms with Gasteiger partial charge in [-0.1, -0.05) is 86.0 Å². The monoisotopic (exact) mass is 577 g/mol. The van der Waals surface area contributed by atoms with Gasteiger partial charge in [-0.25, -0.2) is 4.79 Å². The lowest BCUT2D eigenvalue weighted by atomic mass is 9.89. The average molecular weight is 578 g/mol. The fourth-order valence-corrected chi connectivity index (χ4v) is 6.35. The molecule has 0 aromatic heterocycles. The summed E-state index contributed by atoms with van der Waals surface area (Å²) in [5.41, 5.74) is 2.55. The maximum Gasteiger partial charge on any atom is 0.410 e. The van der Waals surface area contributed by atoms with Crippen LogP contribution < -0.4 is 0 Å². The Balaban J connectivity index is 0.000000213. The Hall–Kier alpha value is -3.16. The summed E-state index contributed by atoms with van der Waals surface area (Å²) in [7, 11) is 2.11. The van der Waals surface area contributed by atoms with Crippen LogP contribution in [-0.2, 0) is 16.1 Å². The Morgan fingerprint density at radius 2 is 1.57 bits per heavy atom. The summed E-state index contributed by atoms with van der Waals surface area (Å²) in [6.45, 7) is 10.4. The van der Waals surface area contributed by atoms with Gasteiger partial charge in [-0.3, -0.25) is 4.79 Å². The third-order valence-electron chi connectivity index (χ3n) is 8.68. The average Bonchev–Trinajstić information content (AvgIpc) is 3.50. The van der Waals surface area contributed by atoms with E-state index < -0.39 is 0 Å². The quantitative estimate of drug-likeness (QED) is 0.279. The van der Waals surface area contributed by atoms with Crippen molar-refractivity contribution in [1.29, 1.82) is 0 Å². The van der Waals surface area contributed by atoms with Crippen molar-refractivity contribution in [3.63, 3.8) is 0 Å². The van der Waals surface area contributed by atoms with E-state index in [0.29, 0.717) is 13.2 Å². The number of ether oxygens (including phenoxy) is 1. The van der Waals surface area contributed by atoms with Crippen LogP contribution >= 0.6 is 0 Å². The smallest absolute Gasteiger partial charge is 0.410 e. The molecule has 7 nitrogen and oxygen atoms in total. The minimum Gasteiger partial charge on any atom is -0.483 e. The second kappa shape index (κ2) is 19.1. The first-order valence-electron chi connectivity index (χ1n) is 15.7. The van der Waals surface area contributed by atoms with Crippen LogP contribution in [0.15, 0.2) is 73.3 Å². The highest BCUT2D eigenvalue weighted by Crippen LogP contribution is 2.30. The van der Waals surface area contributed by atoms with Crippen LogP contribution in [0.4, 0.5) is 4.79 Å². The molecule has 1 N–H and O–H groups in total. The van der Waals surface area contributed by atoms with Gasteiger partial charge in [0.15, 0.2) is 0 Å². The van der Waals surface area contributed by atoms with Crippen LogP contribution in [0.25, 0.3) is 0 Å². The fraction of sp³-hybridized carbons (Fsp3) is 0.543. The van der Waals surface area contributed by atoms with Gasteiger partial charge in [0.2, 0.25) is 0 Å². The van der Waals surface area contributed by atoms with Crippen molar-refractivity contribution in [1.82, 2.24) is 14.7 Å². The third kappa shape index (κ3) is 11.6. The van der Waals surface area contributed by atoms with Crippen molar-refractivity contribution >= 4 is 12.6 Å². The molecule has 2 heterocycles. The molecule has 0 spiro atoms. The van der Waals surface area contributed by atoms with E-state index in [-0.39, 0.29) is 18.6 Å².